The first-order chi connectivity index (χ1) is 16.1. The number of thioether (sulfide) groups is 1. The van der Waals surface area contributed by atoms with Gasteiger partial charge in [-0.1, -0.05) is 60.3 Å². The van der Waals surface area contributed by atoms with E-state index in [4.69, 9.17) is 0 Å². The minimum Gasteiger partial charge on any atom is -0.322 e. The summed E-state index contributed by atoms with van der Waals surface area (Å²) >= 11 is 3.01. The molecule has 0 saturated carbocycles. The number of aryl methyl sites for hydroxylation is 1. The molecule has 0 bridgehead atoms. The highest BCUT2D eigenvalue weighted by Crippen LogP contribution is 2.37. The van der Waals surface area contributed by atoms with Crippen molar-refractivity contribution < 1.29 is 4.79 Å². The van der Waals surface area contributed by atoms with Crippen LogP contribution in [0.5, 0.6) is 0 Å². The van der Waals surface area contributed by atoms with Gasteiger partial charge in [0.1, 0.15) is 16.2 Å². The number of nitrogens with zero attached hydrogens (tertiary/aromatic N) is 4. The van der Waals surface area contributed by atoms with Crippen LogP contribution in [0.3, 0.4) is 0 Å². The molecule has 33 heavy (non-hydrogen) atoms. The molecule has 3 heterocycles. The maximum absolute atomic E-state index is 12.9. The molecule has 0 radical (unpaired) electrons. The second-order valence-corrected chi connectivity index (χ2v) is 9.33. The summed E-state index contributed by atoms with van der Waals surface area (Å²) in [5, 5.41) is 11.6. The van der Waals surface area contributed by atoms with E-state index in [0.717, 1.165) is 49.1 Å². The lowest BCUT2D eigenvalue weighted by atomic mass is 10.1. The van der Waals surface area contributed by atoms with Gasteiger partial charge in [0.2, 0.25) is 5.91 Å². The predicted octanol–water partition coefficient (Wildman–Crippen LogP) is 5.89. The molecule has 0 aliphatic heterocycles. The first-order valence-corrected chi connectivity index (χ1v) is 12.3. The molecule has 3 aromatic heterocycles. The van der Waals surface area contributed by atoms with Gasteiger partial charge in [0, 0.05) is 10.9 Å². The largest absolute Gasteiger partial charge is 0.322 e. The Morgan fingerprint density at radius 2 is 1.76 bits per heavy atom. The van der Waals surface area contributed by atoms with Gasteiger partial charge in [-0.3, -0.25) is 4.79 Å². The van der Waals surface area contributed by atoms with E-state index in [-0.39, 0.29) is 11.7 Å². The van der Waals surface area contributed by atoms with Gasteiger partial charge in [0.25, 0.3) is 0 Å². The Labute approximate surface area is 199 Å². The Morgan fingerprint density at radius 3 is 2.52 bits per heavy atom. The van der Waals surface area contributed by atoms with Crippen molar-refractivity contribution in [3.8, 4) is 16.8 Å². The third-order valence-electron chi connectivity index (χ3n) is 5.32. The van der Waals surface area contributed by atoms with Crippen molar-refractivity contribution in [3.63, 3.8) is 0 Å². The number of rotatable bonds is 6. The van der Waals surface area contributed by atoms with Gasteiger partial charge in [-0.25, -0.2) is 14.6 Å². The predicted molar refractivity (Wildman–Crippen MR) is 135 cm³/mol. The maximum Gasteiger partial charge on any atom is 0.234 e. The van der Waals surface area contributed by atoms with Crippen LogP contribution < -0.4 is 5.32 Å². The lowest BCUT2D eigenvalue weighted by molar-refractivity contribution is -0.113. The summed E-state index contributed by atoms with van der Waals surface area (Å²) < 4.78 is 1.85. The molecule has 0 saturated heterocycles. The quantitative estimate of drug-likeness (QED) is 0.247. The van der Waals surface area contributed by atoms with Crippen LogP contribution in [0.15, 0.2) is 77.4 Å². The van der Waals surface area contributed by atoms with Gasteiger partial charge in [0.05, 0.1) is 33.9 Å². The van der Waals surface area contributed by atoms with E-state index in [0.29, 0.717) is 0 Å². The fourth-order valence-electron chi connectivity index (χ4n) is 3.74. The zero-order chi connectivity index (χ0) is 22.8. The van der Waals surface area contributed by atoms with E-state index in [1.807, 2.05) is 67.1 Å². The normalized spacial score (nSPS) is 11.1. The molecule has 6 nitrogen and oxygen atoms in total. The second-order valence-electron chi connectivity index (χ2n) is 7.50. The van der Waals surface area contributed by atoms with Gasteiger partial charge in [-0.05, 0) is 31.5 Å². The molecular formula is C25H21N5OS2. The number of amides is 1. The molecule has 164 valence electrons. The van der Waals surface area contributed by atoms with Crippen molar-refractivity contribution in [1.82, 2.24) is 19.7 Å². The van der Waals surface area contributed by atoms with Gasteiger partial charge >= 0.3 is 0 Å². The van der Waals surface area contributed by atoms with E-state index in [9.17, 15) is 4.79 Å². The van der Waals surface area contributed by atoms with Crippen molar-refractivity contribution in [2.45, 2.75) is 18.9 Å². The van der Waals surface area contributed by atoms with Crippen molar-refractivity contribution in [2.24, 2.45) is 0 Å². The van der Waals surface area contributed by atoms with Crippen LogP contribution in [0.4, 0.5) is 5.69 Å². The van der Waals surface area contributed by atoms with Crippen molar-refractivity contribution in [3.05, 3.63) is 83.8 Å². The average molecular weight is 472 g/mol. The summed E-state index contributed by atoms with van der Waals surface area (Å²) in [6, 6.07) is 20.1. The van der Waals surface area contributed by atoms with Gasteiger partial charge in [-0.2, -0.15) is 5.10 Å². The summed E-state index contributed by atoms with van der Waals surface area (Å²) in [7, 11) is 0. The standard InChI is InChI=1S/C25H21N5OS2/c1-16-23(17(2)30(29-16)19-11-7-4-8-12-19)28-21(31)14-33-25-22-20(18-9-5-3-6-10-18)13-32-24(22)26-15-27-25/h3-13,15H,14H2,1-2H3,(H,28,31). The number of benzene rings is 2. The zero-order valence-corrected chi connectivity index (χ0v) is 19.8. The van der Waals surface area contributed by atoms with Crippen LogP contribution in [0.2, 0.25) is 0 Å². The van der Waals surface area contributed by atoms with E-state index in [2.05, 4.69) is 37.9 Å². The monoisotopic (exact) mass is 471 g/mol. The van der Waals surface area contributed by atoms with Gasteiger partial charge in [-0.15, -0.1) is 11.3 Å². The number of thiophene rings is 1. The number of fused-ring (bicyclic) bond motifs is 1. The molecule has 5 aromatic rings. The minimum atomic E-state index is -0.0953. The van der Waals surface area contributed by atoms with Crippen LogP contribution >= 0.6 is 23.1 Å². The number of hydrogen-bond acceptors (Lipinski definition) is 6. The van der Waals surface area contributed by atoms with Crippen LogP contribution in [0.25, 0.3) is 27.0 Å². The van der Waals surface area contributed by atoms with Gasteiger partial charge < -0.3 is 5.32 Å². The maximum atomic E-state index is 12.9. The number of hydrogen-bond donors (Lipinski definition) is 1. The molecule has 0 unspecified atom stereocenters. The average Bonchev–Trinajstić information content (AvgIpc) is 3.41. The molecule has 1 amide bonds. The second kappa shape index (κ2) is 9.17. The minimum absolute atomic E-state index is 0.0953. The van der Waals surface area contributed by atoms with Crippen LogP contribution in [-0.4, -0.2) is 31.4 Å². The molecule has 2 aromatic carbocycles. The van der Waals surface area contributed by atoms with E-state index in [1.54, 1.807) is 17.7 Å². The lowest BCUT2D eigenvalue weighted by Gasteiger charge is -2.08. The Balaban J connectivity index is 1.36. The highest BCUT2D eigenvalue weighted by Gasteiger charge is 2.17. The number of nitrogens with one attached hydrogen (secondary N) is 1. The Morgan fingerprint density at radius 1 is 1.03 bits per heavy atom. The molecular weight excluding hydrogens is 450 g/mol. The first-order valence-electron chi connectivity index (χ1n) is 10.4. The number of aromatic nitrogens is 4. The summed E-state index contributed by atoms with van der Waals surface area (Å²) in [5.41, 5.74) is 5.59. The van der Waals surface area contributed by atoms with Crippen molar-refractivity contribution in [2.75, 3.05) is 11.1 Å². The summed E-state index contributed by atoms with van der Waals surface area (Å²) in [6.45, 7) is 3.86. The lowest BCUT2D eigenvalue weighted by Crippen LogP contribution is -2.15. The highest BCUT2D eigenvalue weighted by atomic mass is 32.2. The Kier molecular flexibility index (Phi) is 5.93. The molecule has 1 N–H and O–H groups in total. The van der Waals surface area contributed by atoms with E-state index < -0.39 is 0 Å². The molecule has 0 spiro atoms. The third kappa shape index (κ3) is 4.27. The fraction of sp³-hybridized carbons (Fsp3) is 0.120. The molecule has 0 fully saturated rings. The number of para-hydroxylation sites is 1. The first kappa shape index (κ1) is 21.4. The summed E-state index contributed by atoms with van der Waals surface area (Å²) in [5.74, 6) is 0.146. The van der Waals surface area contributed by atoms with E-state index in [1.165, 1.54) is 11.8 Å². The number of carbonyl (C=O) groups is 1. The fourth-order valence-corrected chi connectivity index (χ4v) is 5.53. The van der Waals surface area contributed by atoms with Crippen molar-refractivity contribution >= 4 is 44.9 Å². The molecule has 0 aliphatic rings. The smallest absolute Gasteiger partial charge is 0.234 e. The van der Waals surface area contributed by atoms with Crippen LogP contribution in [0.1, 0.15) is 11.4 Å². The van der Waals surface area contributed by atoms with Crippen LogP contribution in [-0.2, 0) is 4.79 Å². The highest BCUT2D eigenvalue weighted by molar-refractivity contribution is 8.00. The van der Waals surface area contributed by atoms with E-state index >= 15 is 0 Å². The topological polar surface area (TPSA) is 72.7 Å². The summed E-state index contributed by atoms with van der Waals surface area (Å²) in [6.07, 6.45) is 1.56. The van der Waals surface area contributed by atoms with Gasteiger partial charge in [0.15, 0.2) is 0 Å². The summed E-state index contributed by atoms with van der Waals surface area (Å²) in [4.78, 5) is 22.7. The zero-order valence-electron chi connectivity index (χ0n) is 18.1. The number of anilines is 1. The van der Waals surface area contributed by atoms with Crippen molar-refractivity contribution in [1.29, 1.82) is 0 Å². The Hall–Kier alpha value is -3.49. The molecule has 0 aliphatic carbocycles. The third-order valence-corrected chi connectivity index (χ3v) is 7.19. The van der Waals surface area contributed by atoms with Crippen LogP contribution in [0, 0.1) is 13.8 Å². The SMILES string of the molecule is Cc1nn(-c2ccccc2)c(C)c1NC(=O)CSc1ncnc2scc(-c3ccccc3)c12. The molecule has 5 rings (SSSR count). The molecule has 0 atom stereocenters. The number of carbonyl (C=O) groups excluding carboxylic acids is 1. The molecule has 8 heteroatoms. The Bertz CT molecular complexity index is 1430.